The van der Waals surface area contributed by atoms with Crippen molar-refractivity contribution in [3.05, 3.63) is 0 Å². The van der Waals surface area contributed by atoms with E-state index in [4.69, 9.17) is 0 Å². The molecule has 0 saturated heterocycles. The van der Waals surface area contributed by atoms with E-state index in [0.29, 0.717) is 12.5 Å². The molecule has 2 N–H and O–H groups in total. The minimum Gasteiger partial charge on any atom is -0.354 e. The molecule has 0 bridgehead atoms. The first-order chi connectivity index (χ1) is 8.22. The van der Waals surface area contributed by atoms with Gasteiger partial charge in [0.05, 0.1) is 0 Å². The van der Waals surface area contributed by atoms with Crippen LogP contribution in [0.5, 0.6) is 0 Å². The van der Waals surface area contributed by atoms with E-state index in [-0.39, 0.29) is 5.91 Å². The van der Waals surface area contributed by atoms with Gasteiger partial charge in [-0.2, -0.15) is 0 Å². The molecule has 1 rings (SSSR count). The predicted molar refractivity (Wildman–Crippen MR) is 72.0 cm³/mol. The summed E-state index contributed by atoms with van der Waals surface area (Å²) in [5.41, 5.74) is 0. The van der Waals surface area contributed by atoms with Crippen molar-refractivity contribution in [3.63, 3.8) is 0 Å². The summed E-state index contributed by atoms with van der Waals surface area (Å²) < 4.78 is 0. The lowest BCUT2D eigenvalue weighted by Gasteiger charge is -2.21. The molecule has 0 aromatic carbocycles. The molecule has 1 atom stereocenters. The summed E-state index contributed by atoms with van der Waals surface area (Å²) >= 11 is 0. The van der Waals surface area contributed by atoms with Gasteiger partial charge in [-0.3, -0.25) is 4.79 Å². The van der Waals surface area contributed by atoms with Crippen molar-refractivity contribution in [1.29, 1.82) is 0 Å². The van der Waals surface area contributed by atoms with Crippen molar-refractivity contribution in [2.75, 3.05) is 13.1 Å². The third kappa shape index (κ3) is 6.67. The highest BCUT2D eigenvalue weighted by Gasteiger charge is 2.12. The van der Waals surface area contributed by atoms with Crippen LogP contribution in [0.4, 0.5) is 0 Å². The van der Waals surface area contributed by atoms with Crippen LogP contribution in [-0.2, 0) is 4.79 Å². The second-order valence-electron chi connectivity index (χ2n) is 5.33. The smallest absolute Gasteiger partial charge is 0.221 e. The molecule has 0 spiro atoms. The normalized spacial score (nSPS) is 18.9. The Bertz CT molecular complexity index is 212. The van der Waals surface area contributed by atoms with E-state index in [2.05, 4.69) is 17.6 Å². The van der Waals surface area contributed by atoms with Crippen molar-refractivity contribution in [2.45, 2.75) is 64.8 Å². The molecule has 0 aromatic heterocycles. The molecule has 1 aliphatic carbocycles. The van der Waals surface area contributed by atoms with E-state index in [1.807, 2.05) is 6.92 Å². The maximum Gasteiger partial charge on any atom is 0.221 e. The van der Waals surface area contributed by atoms with Crippen LogP contribution in [0.25, 0.3) is 0 Å². The number of hydrogen-bond donors (Lipinski definition) is 2. The van der Waals surface area contributed by atoms with Gasteiger partial charge in [0.1, 0.15) is 0 Å². The quantitative estimate of drug-likeness (QED) is 0.671. The van der Waals surface area contributed by atoms with E-state index in [1.54, 1.807) is 0 Å². The van der Waals surface area contributed by atoms with Crippen molar-refractivity contribution in [1.82, 2.24) is 10.6 Å². The van der Waals surface area contributed by atoms with Crippen LogP contribution in [0.1, 0.15) is 58.8 Å². The maximum atomic E-state index is 11.5. The Morgan fingerprint density at radius 1 is 1.29 bits per heavy atom. The molecule has 1 aliphatic rings. The average molecular weight is 240 g/mol. The molecule has 3 heteroatoms. The van der Waals surface area contributed by atoms with Gasteiger partial charge in [0, 0.05) is 19.0 Å². The summed E-state index contributed by atoms with van der Waals surface area (Å²) in [6.45, 7) is 6.05. The largest absolute Gasteiger partial charge is 0.354 e. The number of amides is 1. The fraction of sp³-hybridized carbons (Fsp3) is 0.929. The third-order valence-corrected chi connectivity index (χ3v) is 3.71. The summed E-state index contributed by atoms with van der Waals surface area (Å²) in [4.78, 5) is 11.5. The second-order valence-corrected chi connectivity index (χ2v) is 5.33. The van der Waals surface area contributed by atoms with Crippen molar-refractivity contribution >= 4 is 5.91 Å². The van der Waals surface area contributed by atoms with E-state index in [9.17, 15) is 4.79 Å². The summed E-state index contributed by atoms with van der Waals surface area (Å²) in [5.74, 6) is 1.02. The van der Waals surface area contributed by atoms with Crippen molar-refractivity contribution in [2.24, 2.45) is 5.92 Å². The molecule has 0 heterocycles. The van der Waals surface area contributed by atoms with Gasteiger partial charge in [0.25, 0.3) is 0 Å². The Morgan fingerprint density at radius 3 is 2.65 bits per heavy atom. The van der Waals surface area contributed by atoms with Crippen LogP contribution in [0, 0.1) is 5.92 Å². The minimum atomic E-state index is 0.176. The fourth-order valence-electron chi connectivity index (χ4n) is 2.35. The van der Waals surface area contributed by atoms with Gasteiger partial charge in [-0.1, -0.05) is 26.2 Å². The highest BCUT2D eigenvalue weighted by Crippen LogP contribution is 2.22. The Balaban J connectivity index is 1.97. The molecule has 0 aliphatic heterocycles. The zero-order valence-electron chi connectivity index (χ0n) is 11.4. The summed E-state index contributed by atoms with van der Waals surface area (Å²) in [6, 6.07) is 0.306. The number of carbonyl (C=O) groups is 1. The van der Waals surface area contributed by atoms with Crippen LogP contribution in [0.2, 0.25) is 0 Å². The lowest BCUT2D eigenvalue weighted by molar-refractivity contribution is -0.121. The molecule has 0 radical (unpaired) electrons. The summed E-state index contributed by atoms with van der Waals surface area (Å²) in [5, 5.41) is 6.41. The number of rotatable bonds is 7. The molecular formula is C14H28N2O. The number of hydrogen-bond acceptors (Lipinski definition) is 2. The van der Waals surface area contributed by atoms with Crippen LogP contribution < -0.4 is 10.6 Å². The first-order valence-corrected chi connectivity index (χ1v) is 7.22. The molecule has 0 aromatic rings. The van der Waals surface area contributed by atoms with Gasteiger partial charge in [0.15, 0.2) is 0 Å². The van der Waals surface area contributed by atoms with Gasteiger partial charge < -0.3 is 10.6 Å². The molecule has 3 nitrogen and oxygen atoms in total. The average Bonchev–Trinajstić information content (AvgIpc) is 2.36. The zero-order chi connectivity index (χ0) is 12.5. The lowest BCUT2D eigenvalue weighted by Crippen LogP contribution is -2.35. The van der Waals surface area contributed by atoms with Gasteiger partial charge >= 0.3 is 0 Å². The van der Waals surface area contributed by atoms with E-state index in [1.165, 1.54) is 32.1 Å². The van der Waals surface area contributed by atoms with Gasteiger partial charge in [-0.05, 0) is 38.6 Å². The summed E-state index contributed by atoms with van der Waals surface area (Å²) in [7, 11) is 0. The molecule has 100 valence electrons. The molecule has 1 unspecified atom stereocenters. The standard InChI is InChI=1S/C14H28N2O/c1-3-12(2)16-14(17)9-10-15-11-13-7-5-4-6-8-13/h12-13,15H,3-11H2,1-2H3,(H,16,17). The summed E-state index contributed by atoms with van der Waals surface area (Å²) in [6.07, 6.45) is 8.53. The predicted octanol–water partition coefficient (Wildman–Crippen LogP) is 2.46. The van der Waals surface area contributed by atoms with Crippen LogP contribution in [-0.4, -0.2) is 25.0 Å². The topological polar surface area (TPSA) is 41.1 Å². The Kier molecular flexibility index (Phi) is 7.25. The van der Waals surface area contributed by atoms with Crippen LogP contribution in [0.15, 0.2) is 0 Å². The Hall–Kier alpha value is -0.570. The van der Waals surface area contributed by atoms with Crippen molar-refractivity contribution in [3.8, 4) is 0 Å². The Morgan fingerprint density at radius 2 is 2.00 bits per heavy atom. The monoisotopic (exact) mass is 240 g/mol. The number of nitrogens with one attached hydrogen (secondary N) is 2. The molecule has 17 heavy (non-hydrogen) atoms. The molecule has 1 amide bonds. The van der Waals surface area contributed by atoms with Gasteiger partial charge in [-0.25, -0.2) is 0 Å². The minimum absolute atomic E-state index is 0.176. The van der Waals surface area contributed by atoms with Crippen LogP contribution in [0.3, 0.4) is 0 Å². The van der Waals surface area contributed by atoms with E-state index >= 15 is 0 Å². The number of carbonyl (C=O) groups excluding carboxylic acids is 1. The highest BCUT2D eigenvalue weighted by atomic mass is 16.1. The third-order valence-electron chi connectivity index (χ3n) is 3.71. The lowest BCUT2D eigenvalue weighted by atomic mass is 9.89. The SMILES string of the molecule is CCC(C)NC(=O)CCNCC1CCCCC1. The molecular weight excluding hydrogens is 212 g/mol. The first-order valence-electron chi connectivity index (χ1n) is 7.22. The van der Waals surface area contributed by atoms with E-state index < -0.39 is 0 Å². The van der Waals surface area contributed by atoms with Crippen molar-refractivity contribution < 1.29 is 4.79 Å². The molecule has 1 saturated carbocycles. The van der Waals surface area contributed by atoms with Gasteiger partial charge in [0.2, 0.25) is 5.91 Å². The second kappa shape index (κ2) is 8.51. The zero-order valence-corrected chi connectivity index (χ0v) is 11.4. The highest BCUT2D eigenvalue weighted by molar-refractivity contribution is 5.76. The van der Waals surface area contributed by atoms with Gasteiger partial charge in [-0.15, -0.1) is 0 Å². The fourth-order valence-corrected chi connectivity index (χ4v) is 2.35. The van der Waals surface area contributed by atoms with E-state index in [0.717, 1.165) is 25.4 Å². The Labute approximate surface area is 106 Å². The van der Waals surface area contributed by atoms with Crippen LogP contribution >= 0.6 is 0 Å². The first kappa shape index (κ1) is 14.5. The molecule has 1 fully saturated rings. The maximum absolute atomic E-state index is 11.5.